The molecule has 0 saturated heterocycles. The SMILES string of the molecule is CC(N)=CC(=S)Nc1cc(NC(CC(F)(F)F)C(N)=O)c(F)cc1C#N. The van der Waals surface area contributed by atoms with E-state index in [0.29, 0.717) is 5.70 Å². The Morgan fingerprint density at radius 1 is 1.38 bits per heavy atom. The van der Waals surface area contributed by atoms with Gasteiger partial charge in [-0.15, -0.1) is 0 Å². The second kappa shape index (κ2) is 8.48. The summed E-state index contributed by atoms with van der Waals surface area (Å²) >= 11 is 4.98. The predicted octanol–water partition coefficient (Wildman–Crippen LogP) is 2.52. The Balaban J connectivity index is 3.21. The van der Waals surface area contributed by atoms with Crippen LogP contribution >= 0.6 is 12.2 Å². The Kier molecular flexibility index (Phi) is 6.91. The normalized spacial score (nSPS) is 12.8. The summed E-state index contributed by atoms with van der Waals surface area (Å²) in [4.78, 5) is 11.3. The summed E-state index contributed by atoms with van der Waals surface area (Å²) in [5.41, 5.74) is 10.2. The molecule has 1 aromatic carbocycles. The lowest BCUT2D eigenvalue weighted by molar-refractivity contribution is -0.144. The number of carbonyl (C=O) groups is 1. The molecule has 11 heteroatoms. The van der Waals surface area contributed by atoms with Gasteiger partial charge in [-0.2, -0.15) is 18.4 Å². The van der Waals surface area contributed by atoms with Gasteiger partial charge in [0.15, 0.2) is 0 Å². The molecule has 140 valence electrons. The van der Waals surface area contributed by atoms with Crippen molar-refractivity contribution in [2.75, 3.05) is 10.6 Å². The van der Waals surface area contributed by atoms with Crippen LogP contribution in [0.15, 0.2) is 23.9 Å². The molecule has 1 amide bonds. The summed E-state index contributed by atoms with van der Waals surface area (Å²) < 4.78 is 51.7. The number of nitrogens with zero attached hydrogens (tertiary/aromatic N) is 1. The fourth-order valence-corrected chi connectivity index (χ4v) is 2.19. The Labute approximate surface area is 151 Å². The zero-order valence-electron chi connectivity index (χ0n) is 13.4. The fraction of sp³-hybridized carbons (Fsp3) is 0.267. The molecule has 1 unspecified atom stereocenters. The van der Waals surface area contributed by atoms with Crippen LogP contribution < -0.4 is 22.1 Å². The number of thiocarbonyl (C=S) groups is 1. The predicted molar refractivity (Wildman–Crippen MR) is 92.6 cm³/mol. The van der Waals surface area contributed by atoms with E-state index >= 15 is 0 Å². The van der Waals surface area contributed by atoms with E-state index in [1.165, 1.54) is 6.08 Å². The number of nitrogens with one attached hydrogen (secondary N) is 2. The third-order valence-corrected chi connectivity index (χ3v) is 3.17. The molecule has 0 aromatic heterocycles. The molecule has 6 N–H and O–H groups in total. The maximum atomic E-state index is 14.1. The van der Waals surface area contributed by atoms with E-state index in [1.54, 1.807) is 13.0 Å². The van der Waals surface area contributed by atoms with E-state index in [9.17, 15) is 22.4 Å². The van der Waals surface area contributed by atoms with Gasteiger partial charge in [0.1, 0.15) is 22.9 Å². The summed E-state index contributed by atoms with van der Waals surface area (Å²) in [7, 11) is 0. The van der Waals surface area contributed by atoms with E-state index in [0.717, 1.165) is 12.1 Å². The molecular weight excluding hydrogens is 374 g/mol. The van der Waals surface area contributed by atoms with Crippen molar-refractivity contribution in [3.05, 3.63) is 35.3 Å². The highest BCUT2D eigenvalue weighted by Gasteiger charge is 2.35. The van der Waals surface area contributed by atoms with Crippen molar-refractivity contribution in [1.82, 2.24) is 0 Å². The van der Waals surface area contributed by atoms with E-state index < -0.39 is 36.1 Å². The Morgan fingerprint density at radius 3 is 2.46 bits per heavy atom. The molecule has 0 spiro atoms. The highest BCUT2D eigenvalue weighted by Crippen LogP contribution is 2.28. The molecule has 0 bridgehead atoms. The fourth-order valence-electron chi connectivity index (χ4n) is 1.90. The van der Waals surface area contributed by atoms with Gasteiger partial charge in [0, 0.05) is 5.70 Å². The average molecular weight is 389 g/mol. The van der Waals surface area contributed by atoms with Crippen LogP contribution in [0.25, 0.3) is 0 Å². The van der Waals surface area contributed by atoms with Crippen LogP contribution in [0.2, 0.25) is 0 Å². The number of rotatable bonds is 6. The first-order valence-corrected chi connectivity index (χ1v) is 7.44. The van der Waals surface area contributed by atoms with Crippen molar-refractivity contribution in [2.24, 2.45) is 11.5 Å². The molecular formula is C15H15F4N5OS. The van der Waals surface area contributed by atoms with Gasteiger partial charge in [0.2, 0.25) is 5.91 Å². The zero-order valence-corrected chi connectivity index (χ0v) is 14.3. The van der Waals surface area contributed by atoms with Crippen molar-refractivity contribution >= 4 is 34.5 Å². The van der Waals surface area contributed by atoms with Crippen LogP contribution in [0, 0.1) is 17.1 Å². The Morgan fingerprint density at radius 2 is 2.00 bits per heavy atom. The largest absolute Gasteiger partial charge is 0.402 e. The highest BCUT2D eigenvalue weighted by molar-refractivity contribution is 7.81. The van der Waals surface area contributed by atoms with Gasteiger partial charge in [-0.05, 0) is 25.1 Å². The molecule has 6 nitrogen and oxygen atoms in total. The molecule has 0 aliphatic heterocycles. The molecule has 0 saturated carbocycles. The molecule has 0 aliphatic carbocycles. The molecule has 1 rings (SSSR count). The number of allylic oxidation sites excluding steroid dienone is 1. The summed E-state index contributed by atoms with van der Waals surface area (Å²) in [6.07, 6.45) is -4.91. The summed E-state index contributed by atoms with van der Waals surface area (Å²) in [6.45, 7) is 1.56. The quantitative estimate of drug-likeness (QED) is 0.337. The van der Waals surface area contributed by atoms with Gasteiger partial charge in [0.25, 0.3) is 0 Å². The lowest BCUT2D eigenvalue weighted by atomic mass is 10.1. The lowest BCUT2D eigenvalue weighted by Crippen LogP contribution is -2.39. The first-order chi connectivity index (χ1) is 11.9. The van der Waals surface area contributed by atoms with E-state index in [-0.39, 0.29) is 16.2 Å². The number of hydrogen-bond donors (Lipinski definition) is 4. The average Bonchev–Trinajstić information content (AvgIpc) is 2.47. The van der Waals surface area contributed by atoms with Gasteiger partial charge < -0.3 is 22.1 Å². The van der Waals surface area contributed by atoms with Crippen LogP contribution in [-0.2, 0) is 4.79 Å². The van der Waals surface area contributed by atoms with Crippen molar-refractivity contribution in [2.45, 2.75) is 25.6 Å². The number of hydrogen-bond acceptors (Lipinski definition) is 5. The van der Waals surface area contributed by atoms with E-state index in [2.05, 4.69) is 10.6 Å². The third-order valence-electron chi connectivity index (χ3n) is 2.95. The number of alkyl halides is 3. The smallest absolute Gasteiger partial charge is 0.391 e. The second-order valence-electron chi connectivity index (χ2n) is 5.29. The van der Waals surface area contributed by atoms with E-state index in [4.69, 9.17) is 28.9 Å². The van der Waals surface area contributed by atoms with Gasteiger partial charge in [-0.25, -0.2) is 4.39 Å². The van der Waals surface area contributed by atoms with Gasteiger partial charge in [0.05, 0.1) is 23.4 Å². The first kappa shape index (κ1) is 21.2. The van der Waals surface area contributed by atoms with Crippen molar-refractivity contribution in [1.29, 1.82) is 5.26 Å². The van der Waals surface area contributed by atoms with Crippen LogP contribution in [-0.4, -0.2) is 23.1 Å². The topological polar surface area (TPSA) is 117 Å². The number of primary amides is 1. The minimum atomic E-state index is -4.69. The van der Waals surface area contributed by atoms with Gasteiger partial charge in [-0.3, -0.25) is 4.79 Å². The molecule has 0 heterocycles. The summed E-state index contributed by atoms with van der Waals surface area (Å²) in [5, 5.41) is 13.8. The van der Waals surface area contributed by atoms with E-state index in [1.807, 2.05) is 0 Å². The van der Waals surface area contributed by atoms with Crippen LogP contribution in [0.5, 0.6) is 0 Å². The third kappa shape index (κ3) is 6.56. The standard InChI is InChI=1S/C15H15F4N5OS/c1-7(21)2-13(26)24-10-4-11(9(16)3-8(10)6-20)23-12(14(22)25)5-15(17,18)19/h2-4,12,23H,5,21H2,1H3,(H2,22,25)(H,24,26). The van der Waals surface area contributed by atoms with Crippen LogP contribution in [0.1, 0.15) is 18.9 Å². The number of nitriles is 1. The Hall–Kier alpha value is -2.87. The summed E-state index contributed by atoms with van der Waals surface area (Å²) in [5.74, 6) is -2.34. The minimum absolute atomic E-state index is 0.0223. The second-order valence-corrected chi connectivity index (χ2v) is 5.73. The molecule has 1 atom stereocenters. The maximum absolute atomic E-state index is 14.1. The number of benzene rings is 1. The van der Waals surface area contributed by atoms with Crippen LogP contribution in [0.4, 0.5) is 28.9 Å². The van der Waals surface area contributed by atoms with Crippen LogP contribution in [0.3, 0.4) is 0 Å². The molecule has 0 fully saturated rings. The molecule has 0 radical (unpaired) electrons. The first-order valence-electron chi connectivity index (χ1n) is 7.04. The minimum Gasteiger partial charge on any atom is -0.402 e. The number of carbonyl (C=O) groups excluding carboxylic acids is 1. The number of nitrogens with two attached hydrogens (primary N) is 2. The van der Waals surface area contributed by atoms with Gasteiger partial charge in [-0.1, -0.05) is 12.2 Å². The van der Waals surface area contributed by atoms with Crippen molar-refractivity contribution < 1.29 is 22.4 Å². The number of halogens is 4. The number of anilines is 2. The molecule has 26 heavy (non-hydrogen) atoms. The van der Waals surface area contributed by atoms with Gasteiger partial charge >= 0.3 is 6.18 Å². The monoisotopic (exact) mass is 389 g/mol. The lowest BCUT2D eigenvalue weighted by Gasteiger charge is -2.19. The zero-order chi connectivity index (χ0) is 20.1. The Bertz CT molecular complexity index is 781. The highest BCUT2D eigenvalue weighted by atomic mass is 32.1. The number of amides is 1. The van der Waals surface area contributed by atoms with Crippen molar-refractivity contribution in [3.63, 3.8) is 0 Å². The van der Waals surface area contributed by atoms with Crippen molar-refractivity contribution in [3.8, 4) is 6.07 Å². The molecule has 0 aliphatic rings. The summed E-state index contributed by atoms with van der Waals surface area (Å²) in [6, 6.07) is 1.65. The maximum Gasteiger partial charge on any atom is 0.391 e. The molecule has 1 aromatic rings.